The lowest BCUT2D eigenvalue weighted by atomic mass is 10.1. The van der Waals surface area contributed by atoms with Crippen LogP contribution in [0.3, 0.4) is 0 Å². The first-order chi connectivity index (χ1) is 15.8. The zero-order chi connectivity index (χ0) is 23.7. The summed E-state index contributed by atoms with van der Waals surface area (Å²) in [7, 11) is 0. The smallest absolute Gasteiger partial charge is 0.353 e. The van der Waals surface area contributed by atoms with E-state index in [-0.39, 0.29) is 52.9 Å². The number of ether oxygens (including phenoxy) is 1. The number of carbonyl (C=O) groups excluding carboxylic acids is 1. The number of aromatic carboxylic acids is 1. The first-order valence-corrected chi connectivity index (χ1v) is 11.0. The van der Waals surface area contributed by atoms with Crippen molar-refractivity contribution in [1.82, 2.24) is 9.47 Å². The molecular formula is C23H17BrClFN2O5. The number of hydrogen-bond donors (Lipinski definition) is 1. The molecule has 0 fully saturated rings. The molecule has 33 heavy (non-hydrogen) atoms. The van der Waals surface area contributed by atoms with Gasteiger partial charge >= 0.3 is 5.97 Å². The van der Waals surface area contributed by atoms with E-state index in [1.54, 1.807) is 12.1 Å². The third kappa shape index (κ3) is 4.51. The van der Waals surface area contributed by atoms with Gasteiger partial charge in [-0.3, -0.25) is 9.59 Å². The Morgan fingerprint density at radius 1 is 1.12 bits per heavy atom. The Kier molecular flexibility index (Phi) is 6.53. The summed E-state index contributed by atoms with van der Waals surface area (Å²) in [4.78, 5) is 39.7. The quantitative estimate of drug-likeness (QED) is 0.507. The number of hydrogen-bond acceptors (Lipinski definition) is 4. The van der Waals surface area contributed by atoms with Crippen LogP contribution in [-0.4, -0.2) is 33.0 Å². The third-order valence-corrected chi connectivity index (χ3v) is 6.26. The number of carbonyl (C=O) groups is 2. The predicted molar refractivity (Wildman–Crippen MR) is 122 cm³/mol. The van der Waals surface area contributed by atoms with Gasteiger partial charge in [-0.15, -0.1) is 0 Å². The second-order valence-electron chi connectivity index (χ2n) is 7.38. The summed E-state index contributed by atoms with van der Waals surface area (Å²) in [6.07, 6.45) is 0. The van der Waals surface area contributed by atoms with Crippen molar-refractivity contribution < 1.29 is 23.8 Å². The maximum atomic E-state index is 13.5. The van der Waals surface area contributed by atoms with E-state index in [0.29, 0.717) is 5.56 Å². The summed E-state index contributed by atoms with van der Waals surface area (Å²) < 4.78 is 20.4. The fourth-order valence-corrected chi connectivity index (χ4v) is 4.42. The first kappa shape index (κ1) is 23.0. The summed E-state index contributed by atoms with van der Waals surface area (Å²) in [5, 5.41) is 9.61. The predicted octanol–water partition coefficient (Wildman–Crippen LogP) is 4.34. The van der Waals surface area contributed by atoms with Crippen molar-refractivity contribution in [2.24, 2.45) is 0 Å². The average Bonchev–Trinajstić information content (AvgIpc) is 2.79. The van der Waals surface area contributed by atoms with Gasteiger partial charge in [0.2, 0.25) is 5.43 Å². The highest BCUT2D eigenvalue weighted by molar-refractivity contribution is 9.10. The minimum atomic E-state index is -1.35. The van der Waals surface area contributed by atoms with E-state index in [2.05, 4.69) is 15.9 Å². The largest absolute Gasteiger partial charge is 0.483 e. The number of aromatic nitrogens is 1. The monoisotopic (exact) mass is 534 g/mol. The summed E-state index contributed by atoms with van der Waals surface area (Å²) in [6.45, 7) is 0.416. The minimum Gasteiger partial charge on any atom is -0.483 e. The number of benzene rings is 2. The Morgan fingerprint density at radius 2 is 1.85 bits per heavy atom. The Balaban J connectivity index is 1.75. The van der Waals surface area contributed by atoms with Crippen molar-refractivity contribution in [2.75, 3.05) is 6.54 Å². The molecule has 170 valence electrons. The van der Waals surface area contributed by atoms with E-state index in [0.717, 1.165) is 5.56 Å². The van der Waals surface area contributed by atoms with Gasteiger partial charge < -0.3 is 19.3 Å². The van der Waals surface area contributed by atoms with Crippen LogP contribution in [-0.2, 0) is 19.7 Å². The molecule has 1 aliphatic heterocycles. The summed E-state index contributed by atoms with van der Waals surface area (Å²) in [5.74, 6) is -2.73. The molecule has 1 N–H and O–H groups in total. The Morgan fingerprint density at radius 3 is 2.52 bits per heavy atom. The molecule has 1 aromatic heterocycles. The van der Waals surface area contributed by atoms with Crippen LogP contribution in [0.5, 0.6) is 5.75 Å². The van der Waals surface area contributed by atoms with Crippen LogP contribution in [0, 0.1) is 5.82 Å². The van der Waals surface area contributed by atoms with Crippen molar-refractivity contribution in [3.05, 3.63) is 96.6 Å². The van der Waals surface area contributed by atoms with Crippen molar-refractivity contribution in [3.63, 3.8) is 0 Å². The molecule has 10 heteroatoms. The van der Waals surface area contributed by atoms with Gasteiger partial charge in [-0.2, -0.15) is 0 Å². The molecular weight excluding hydrogens is 519 g/mol. The van der Waals surface area contributed by atoms with Crippen molar-refractivity contribution in [3.8, 4) is 5.75 Å². The second-order valence-corrected chi connectivity index (χ2v) is 8.58. The van der Waals surface area contributed by atoms with Crippen LogP contribution >= 0.6 is 27.5 Å². The van der Waals surface area contributed by atoms with Crippen LogP contribution in [0.2, 0.25) is 5.02 Å². The third-order valence-electron chi connectivity index (χ3n) is 5.24. The van der Waals surface area contributed by atoms with Gasteiger partial charge in [0.15, 0.2) is 11.4 Å². The minimum absolute atomic E-state index is 0.0167. The number of carboxylic acids is 1. The zero-order valence-corrected chi connectivity index (χ0v) is 19.4. The fourth-order valence-electron chi connectivity index (χ4n) is 3.66. The van der Waals surface area contributed by atoms with E-state index in [9.17, 15) is 23.9 Å². The number of halogens is 3. The van der Waals surface area contributed by atoms with E-state index < -0.39 is 23.1 Å². The number of amides is 1. The van der Waals surface area contributed by atoms with Crippen LogP contribution in [0.4, 0.5) is 4.39 Å². The highest BCUT2D eigenvalue weighted by atomic mass is 79.9. The standard InChI is InChI=1S/C23H17BrClFN2O5/c24-17-18(23(31)32)28-9-8-27(11-14-6-7-16(26)15(25)10-14)22(30)19(28)21(20(17)29)33-12-13-4-2-1-3-5-13/h1-7,10H,8-9,11-12H2,(H,31,32). The Labute approximate surface area is 201 Å². The van der Waals surface area contributed by atoms with Crippen molar-refractivity contribution in [2.45, 2.75) is 19.7 Å². The topological polar surface area (TPSA) is 88.8 Å². The average molecular weight is 536 g/mol. The fraction of sp³-hybridized carbons (Fsp3) is 0.174. The molecule has 0 aliphatic carbocycles. The van der Waals surface area contributed by atoms with Gasteiger partial charge in [0.25, 0.3) is 5.91 Å². The molecule has 0 bridgehead atoms. The van der Waals surface area contributed by atoms with Gasteiger partial charge in [0.05, 0.1) is 5.02 Å². The summed E-state index contributed by atoms with van der Waals surface area (Å²) in [6, 6.07) is 13.2. The van der Waals surface area contributed by atoms with Crippen LogP contribution < -0.4 is 10.2 Å². The maximum Gasteiger partial charge on any atom is 0.353 e. The van der Waals surface area contributed by atoms with Gasteiger partial charge in [-0.1, -0.05) is 48.0 Å². The lowest BCUT2D eigenvalue weighted by Gasteiger charge is -2.32. The second kappa shape index (κ2) is 9.36. The number of rotatable bonds is 6. The lowest BCUT2D eigenvalue weighted by Crippen LogP contribution is -2.43. The lowest BCUT2D eigenvalue weighted by molar-refractivity contribution is 0.0646. The molecule has 4 rings (SSSR count). The molecule has 0 unspecified atom stereocenters. The van der Waals surface area contributed by atoms with Gasteiger partial charge in [0, 0.05) is 19.6 Å². The molecule has 0 saturated heterocycles. The van der Waals surface area contributed by atoms with Crippen LogP contribution in [0.15, 0.2) is 57.8 Å². The number of carboxylic acid groups (broad SMARTS) is 1. The van der Waals surface area contributed by atoms with E-state index in [4.69, 9.17) is 16.3 Å². The van der Waals surface area contributed by atoms with Crippen molar-refractivity contribution >= 4 is 39.4 Å². The van der Waals surface area contributed by atoms with Crippen LogP contribution in [0.25, 0.3) is 0 Å². The zero-order valence-electron chi connectivity index (χ0n) is 17.1. The van der Waals surface area contributed by atoms with E-state index in [1.165, 1.54) is 27.7 Å². The molecule has 0 spiro atoms. The summed E-state index contributed by atoms with van der Waals surface area (Å²) in [5.41, 5.74) is 0.175. The van der Waals surface area contributed by atoms with Gasteiger partial charge in [-0.25, -0.2) is 9.18 Å². The maximum absolute atomic E-state index is 13.5. The van der Waals surface area contributed by atoms with Gasteiger partial charge in [-0.05, 0) is 39.2 Å². The summed E-state index contributed by atoms with van der Waals surface area (Å²) >= 11 is 8.92. The molecule has 0 radical (unpaired) electrons. The molecule has 0 atom stereocenters. The molecule has 1 amide bonds. The highest BCUT2D eigenvalue weighted by Crippen LogP contribution is 2.29. The van der Waals surface area contributed by atoms with Gasteiger partial charge in [0.1, 0.15) is 22.6 Å². The number of nitrogens with zero attached hydrogens (tertiary/aromatic N) is 2. The Bertz CT molecular complexity index is 1310. The first-order valence-electron chi connectivity index (χ1n) is 9.87. The molecule has 2 aromatic carbocycles. The Hall–Kier alpha value is -3.17. The molecule has 7 nitrogen and oxygen atoms in total. The van der Waals surface area contributed by atoms with Crippen molar-refractivity contribution in [1.29, 1.82) is 0 Å². The normalized spacial score (nSPS) is 13.1. The molecule has 2 heterocycles. The highest BCUT2D eigenvalue weighted by Gasteiger charge is 2.35. The molecule has 3 aromatic rings. The number of fused-ring (bicyclic) bond motifs is 1. The van der Waals surface area contributed by atoms with Crippen LogP contribution in [0.1, 0.15) is 32.1 Å². The molecule has 1 aliphatic rings. The van der Waals surface area contributed by atoms with E-state index in [1.807, 2.05) is 18.2 Å². The number of pyridine rings is 1. The SMILES string of the molecule is O=C(O)c1c(Br)c(=O)c(OCc2ccccc2)c2n1CCN(Cc1ccc(F)c(Cl)c1)C2=O. The van der Waals surface area contributed by atoms with E-state index >= 15 is 0 Å². The molecule has 0 saturated carbocycles.